The van der Waals surface area contributed by atoms with Gasteiger partial charge < -0.3 is 25.1 Å². The maximum absolute atomic E-state index is 12.9. The van der Waals surface area contributed by atoms with E-state index in [1.165, 1.54) is 17.0 Å². The Bertz CT molecular complexity index is 906. The van der Waals surface area contributed by atoms with Crippen molar-refractivity contribution in [3.05, 3.63) is 29.8 Å². The number of aliphatic hydroxyl groups excluding tert-OH is 1. The van der Waals surface area contributed by atoms with Crippen LogP contribution in [0.15, 0.2) is 24.3 Å². The lowest BCUT2D eigenvalue weighted by atomic mass is 9.90. The van der Waals surface area contributed by atoms with Crippen molar-refractivity contribution in [1.29, 1.82) is 0 Å². The molecule has 2 heterocycles. The molecule has 0 aromatic heterocycles. The molecule has 1 aromatic carbocycles. The molecule has 3 aliphatic rings. The van der Waals surface area contributed by atoms with Gasteiger partial charge in [-0.2, -0.15) is 13.2 Å². The van der Waals surface area contributed by atoms with E-state index in [1.54, 1.807) is 11.8 Å². The number of urea groups is 1. The summed E-state index contributed by atoms with van der Waals surface area (Å²) >= 11 is 0. The monoisotopic (exact) mass is 482 g/mol. The second-order valence-corrected chi connectivity index (χ2v) is 9.84. The number of anilines is 1. The number of carbonyl (C=O) groups is 2. The van der Waals surface area contributed by atoms with Gasteiger partial charge in [0.15, 0.2) is 0 Å². The number of piperidine rings is 1. The zero-order chi connectivity index (χ0) is 24.5. The number of β-amino-alcohol motifs (C(OH)–C–C–N with tert-alkyl or cyclic N) is 1. The van der Waals surface area contributed by atoms with Crippen LogP contribution in [0.1, 0.15) is 44.6 Å². The molecule has 4 rings (SSSR count). The summed E-state index contributed by atoms with van der Waals surface area (Å²) in [5, 5.41) is 12.8. The average molecular weight is 483 g/mol. The fourth-order valence-electron chi connectivity index (χ4n) is 5.06. The number of benzene rings is 1. The SMILES string of the molecule is C[C@H]1C(=O)N(CCCCN2CCC3(CC3)[C@H](O)C2)CCN1C(=O)Nc1cccc(C(F)(F)F)c1. The minimum atomic E-state index is -4.50. The summed E-state index contributed by atoms with van der Waals surface area (Å²) in [6.07, 6.45) is 0.402. The summed E-state index contributed by atoms with van der Waals surface area (Å²) in [6, 6.07) is 3.18. The number of rotatable bonds is 6. The highest BCUT2D eigenvalue weighted by molar-refractivity contribution is 5.94. The molecule has 2 N–H and O–H groups in total. The molecule has 1 aromatic rings. The Morgan fingerprint density at radius 3 is 2.56 bits per heavy atom. The predicted octanol–water partition coefficient (Wildman–Crippen LogP) is 3.40. The van der Waals surface area contributed by atoms with Gasteiger partial charge in [0, 0.05) is 31.9 Å². The van der Waals surface area contributed by atoms with E-state index in [0.717, 1.165) is 63.9 Å². The molecule has 2 aliphatic heterocycles. The van der Waals surface area contributed by atoms with Gasteiger partial charge >= 0.3 is 12.2 Å². The van der Waals surface area contributed by atoms with Crippen molar-refractivity contribution in [3.8, 4) is 0 Å². The fraction of sp³-hybridized carbons (Fsp3) is 0.667. The first-order chi connectivity index (χ1) is 16.1. The number of alkyl halides is 3. The number of nitrogens with zero attached hydrogens (tertiary/aromatic N) is 3. The Kier molecular flexibility index (Phi) is 7.09. The van der Waals surface area contributed by atoms with E-state index in [-0.39, 0.29) is 23.1 Å². The van der Waals surface area contributed by atoms with Gasteiger partial charge in [0.25, 0.3) is 0 Å². The molecule has 1 saturated carbocycles. The minimum Gasteiger partial charge on any atom is -0.391 e. The van der Waals surface area contributed by atoms with Crippen LogP contribution < -0.4 is 5.32 Å². The van der Waals surface area contributed by atoms with Gasteiger partial charge in [-0.1, -0.05) is 6.07 Å². The predicted molar refractivity (Wildman–Crippen MR) is 121 cm³/mol. The highest BCUT2D eigenvalue weighted by atomic mass is 19.4. The summed E-state index contributed by atoms with van der Waals surface area (Å²) in [6.45, 7) is 5.61. The van der Waals surface area contributed by atoms with Crippen LogP contribution in [-0.4, -0.2) is 83.2 Å². The molecule has 3 amide bonds. The minimum absolute atomic E-state index is 0.0392. The van der Waals surface area contributed by atoms with Gasteiger partial charge in [-0.25, -0.2) is 4.79 Å². The number of carbonyl (C=O) groups excluding carboxylic acids is 2. The summed E-state index contributed by atoms with van der Waals surface area (Å²) in [5.74, 6) is -0.158. The molecular formula is C24H33F3N4O3. The number of likely N-dealkylation sites (tertiary alicyclic amines) is 1. The number of aliphatic hydroxyl groups is 1. The molecule has 3 fully saturated rings. The largest absolute Gasteiger partial charge is 0.416 e. The first kappa shape index (κ1) is 24.8. The Morgan fingerprint density at radius 2 is 1.88 bits per heavy atom. The van der Waals surface area contributed by atoms with Gasteiger partial charge in [0.05, 0.1) is 11.7 Å². The molecule has 10 heteroatoms. The average Bonchev–Trinajstić information content (AvgIpc) is 3.57. The van der Waals surface area contributed by atoms with Crippen LogP contribution in [0.3, 0.4) is 0 Å². The standard InChI is InChI=1S/C24H33F3N4O3/c1-17-21(33)30(11-3-2-10-29-12-9-23(7-8-23)20(32)16-29)13-14-31(17)22(34)28-19-6-4-5-18(15-19)24(25,26)27/h4-6,15,17,20,32H,2-3,7-14,16H2,1H3,(H,28,34)/t17-,20+/m0/s1. The Morgan fingerprint density at radius 1 is 1.15 bits per heavy atom. The van der Waals surface area contributed by atoms with Crippen LogP contribution in [0.2, 0.25) is 0 Å². The van der Waals surface area contributed by atoms with E-state index in [1.807, 2.05) is 0 Å². The maximum Gasteiger partial charge on any atom is 0.416 e. The van der Waals surface area contributed by atoms with Crippen LogP contribution in [0.5, 0.6) is 0 Å². The van der Waals surface area contributed by atoms with E-state index < -0.39 is 23.8 Å². The number of unbranched alkanes of at least 4 members (excludes halogenated alkanes) is 1. The molecule has 1 aliphatic carbocycles. The maximum atomic E-state index is 12.9. The van der Waals surface area contributed by atoms with E-state index in [2.05, 4.69) is 10.2 Å². The number of nitrogens with one attached hydrogen (secondary N) is 1. The smallest absolute Gasteiger partial charge is 0.391 e. The third-order valence-electron chi connectivity index (χ3n) is 7.56. The Labute approximate surface area is 197 Å². The third-order valence-corrected chi connectivity index (χ3v) is 7.56. The van der Waals surface area contributed by atoms with Gasteiger partial charge in [0.1, 0.15) is 6.04 Å². The van der Waals surface area contributed by atoms with Crippen LogP contribution in [-0.2, 0) is 11.0 Å². The van der Waals surface area contributed by atoms with E-state index in [9.17, 15) is 27.9 Å². The van der Waals surface area contributed by atoms with Gasteiger partial charge in [0.2, 0.25) is 5.91 Å². The lowest BCUT2D eigenvalue weighted by Crippen LogP contribution is -2.58. The quantitative estimate of drug-likeness (QED) is 0.610. The molecule has 34 heavy (non-hydrogen) atoms. The normalized spacial score (nSPS) is 25.0. The van der Waals surface area contributed by atoms with Crippen LogP contribution in [0.4, 0.5) is 23.7 Å². The van der Waals surface area contributed by atoms with Crippen molar-refractivity contribution in [3.63, 3.8) is 0 Å². The van der Waals surface area contributed by atoms with E-state index >= 15 is 0 Å². The van der Waals surface area contributed by atoms with Crippen molar-refractivity contribution in [2.45, 2.75) is 57.3 Å². The zero-order valence-electron chi connectivity index (χ0n) is 19.5. The second-order valence-electron chi connectivity index (χ2n) is 9.84. The summed E-state index contributed by atoms with van der Waals surface area (Å²) in [5.41, 5.74) is -0.603. The summed E-state index contributed by atoms with van der Waals surface area (Å²) in [4.78, 5) is 30.9. The van der Waals surface area contributed by atoms with E-state index in [0.29, 0.717) is 19.6 Å². The zero-order valence-corrected chi connectivity index (χ0v) is 19.5. The highest BCUT2D eigenvalue weighted by Crippen LogP contribution is 2.53. The van der Waals surface area contributed by atoms with Crippen molar-refractivity contribution >= 4 is 17.6 Å². The van der Waals surface area contributed by atoms with Crippen molar-refractivity contribution in [2.24, 2.45) is 5.41 Å². The topological polar surface area (TPSA) is 76.1 Å². The molecule has 188 valence electrons. The molecule has 2 atom stereocenters. The lowest BCUT2D eigenvalue weighted by Gasteiger charge is -2.39. The van der Waals surface area contributed by atoms with Crippen LogP contribution >= 0.6 is 0 Å². The molecule has 1 spiro atoms. The van der Waals surface area contributed by atoms with E-state index in [4.69, 9.17) is 0 Å². The fourth-order valence-corrected chi connectivity index (χ4v) is 5.06. The molecule has 0 unspecified atom stereocenters. The van der Waals surface area contributed by atoms with Crippen molar-refractivity contribution in [2.75, 3.05) is 44.6 Å². The number of hydrogen-bond donors (Lipinski definition) is 2. The number of amides is 3. The molecule has 2 saturated heterocycles. The first-order valence-electron chi connectivity index (χ1n) is 12.0. The lowest BCUT2D eigenvalue weighted by molar-refractivity contribution is -0.139. The Balaban J connectivity index is 1.21. The van der Waals surface area contributed by atoms with Gasteiger partial charge in [-0.15, -0.1) is 0 Å². The Hall–Kier alpha value is -2.33. The number of hydrogen-bond acceptors (Lipinski definition) is 4. The van der Waals surface area contributed by atoms with Crippen LogP contribution in [0.25, 0.3) is 0 Å². The second kappa shape index (κ2) is 9.73. The number of halogens is 3. The first-order valence-corrected chi connectivity index (χ1v) is 12.0. The summed E-state index contributed by atoms with van der Waals surface area (Å²) < 4.78 is 38.7. The third kappa shape index (κ3) is 5.49. The molecule has 0 bridgehead atoms. The molecule has 7 nitrogen and oxygen atoms in total. The van der Waals surface area contributed by atoms with Crippen molar-refractivity contribution in [1.82, 2.24) is 14.7 Å². The van der Waals surface area contributed by atoms with Crippen molar-refractivity contribution < 1.29 is 27.9 Å². The highest BCUT2D eigenvalue weighted by Gasteiger charge is 2.51. The number of piperazine rings is 1. The molecule has 0 radical (unpaired) electrons. The summed E-state index contributed by atoms with van der Waals surface area (Å²) in [7, 11) is 0. The van der Waals surface area contributed by atoms with Gasteiger partial charge in [-0.05, 0) is 75.7 Å². The van der Waals surface area contributed by atoms with Crippen LogP contribution in [0, 0.1) is 5.41 Å². The molecular weight excluding hydrogens is 449 g/mol. The van der Waals surface area contributed by atoms with Gasteiger partial charge in [-0.3, -0.25) is 4.79 Å².